The monoisotopic (exact) mass is 354 g/mol. The van der Waals surface area contributed by atoms with E-state index in [0.29, 0.717) is 31.1 Å². The van der Waals surface area contributed by atoms with Crippen LogP contribution in [0.3, 0.4) is 0 Å². The topological polar surface area (TPSA) is 80.6 Å². The van der Waals surface area contributed by atoms with Gasteiger partial charge in [0.25, 0.3) is 5.91 Å². The van der Waals surface area contributed by atoms with E-state index in [9.17, 15) is 4.79 Å². The minimum absolute atomic E-state index is 0.213. The second-order valence-electron chi connectivity index (χ2n) is 5.60. The van der Waals surface area contributed by atoms with E-state index in [1.165, 1.54) is 0 Å². The van der Waals surface area contributed by atoms with Crippen LogP contribution in [0.5, 0.6) is 11.5 Å². The highest BCUT2D eigenvalue weighted by Gasteiger charge is 2.14. The van der Waals surface area contributed by atoms with Crippen LogP contribution in [0, 0.1) is 11.3 Å². The second kappa shape index (κ2) is 10.1. The van der Waals surface area contributed by atoms with Crippen molar-refractivity contribution in [3.05, 3.63) is 59.7 Å². The molecule has 0 radical (unpaired) electrons. The van der Waals surface area contributed by atoms with Crippen molar-refractivity contribution in [1.29, 1.82) is 5.26 Å². The van der Waals surface area contributed by atoms with Crippen molar-refractivity contribution in [1.82, 2.24) is 5.32 Å². The summed E-state index contributed by atoms with van der Waals surface area (Å²) in [6.07, 6.45) is -0.639. The molecule has 1 atom stereocenters. The quantitative estimate of drug-likeness (QED) is 0.700. The highest BCUT2D eigenvalue weighted by molar-refractivity contribution is 5.80. The lowest BCUT2D eigenvalue weighted by atomic mass is 10.2. The summed E-state index contributed by atoms with van der Waals surface area (Å²) in [5.41, 5.74) is 1.51. The molecular formula is C20H22N2O4. The molecule has 0 aliphatic heterocycles. The van der Waals surface area contributed by atoms with Crippen LogP contribution >= 0.6 is 0 Å². The number of carbonyl (C=O) groups excluding carboxylic acids is 1. The van der Waals surface area contributed by atoms with E-state index >= 15 is 0 Å². The summed E-state index contributed by atoms with van der Waals surface area (Å²) in [7, 11) is 1.63. The van der Waals surface area contributed by atoms with E-state index in [0.717, 1.165) is 11.3 Å². The van der Waals surface area contributed by atoms with Crippen molar-refractivity contribution in [3.63, 3.8) is 0 Å². The van der Waals surface area contributed by atoms with Gasteiger partial charge in [-0.3, -0.25) is 4.79 Å². The van der Waals surface area contributed by atoms with Gasteiger partial charge >= 0.3 is 0 Å². The molecule has 1 unspecified atom stereocenters. The van der Waals surface area contributed by atoms with Gasteiger partial charge in [-0.2, -0.15) is 5.26 Å². The fourth-order valence-corrected chi connectivity index (χ4v) is 2.14. The highest BCUT2D eigenvalue weighted by Crippen LogP contribution is 2.14. The van der Waals surface area contributed by atoms with E-state index in [4.69, 9.17) is 19.5 Å². The Hall–Kier alpha value is -3.04. The second-order valence-corrected chi connectivity index (χ2v) is 5.60. The van der Waals surface area contributed by atoms with Crippen molar-refractivity contribution >= 4 is 5.91 Å². The Balaban J connectivity index is 1.78. The third kappa shape index (κ3) is 6.11. The summed E-state index contributed by atoms with van der Waals surface area (Å²) in [5, 5.41) is 11.6. The van der Waals surface area contributed by atoms with E-state index in [-0.39, 0.29) is 5.91 Å². The highest BCUT2D eigenvalue weighted by atomic mass is 16.5. The fourth-order valence-electron chi connectivity index (χ4n) is 2.14. The van der Waals surface area contributed by atoms with Crippen LogP contribution < -0.4 is 14.8 Å². The van der Waals surface area contributed by atoms with Crippen LogP contribution in [-0.2, 0) is 16.1 Å². The number of ether oxygens (including phenoxy) is 3. The number of nitrogens with zero attached hydrogens (tertiary/aromatic N) is 1. The van der Waals surface area contributed by atoms with Crippen molar-refractivity contribution in [2.24, 2.45) is 0 Å². The molecule has 136 valence electrons. The Morgan fingerprint density at radius 3 is 2.35 bits per heavy atom. The summed E-state index contributed by atoms with van der Waals surface area (Å²) in [6, 6.07) is 16.2. The van der Waals surface area contributed by atoms with E-state index in [1.54, 1.807) is 38.3 Å². The number of rotatable bonds is 9. The average Bonchev–Trinajstić information content (AvgIpc) is 2.68. The molecule has 2 rings (SSSR count). The first-order valence-electron chi connectivity index (χ1n) is 8.27. The fraction of sp³-hybridized carbons (Fsp3) is 0.300. The lowest BCUT2D eigenvalue weighted by Gasteiger charge is -2.15. The predicted octanol–water partition coefficient (Wildman–Crippen LogP) is 2.67. The molecular weight excluding hydrogens is 332 g/mol. The van der Waals surface area contributed by atoms with Crippen molar-refractivity contribution in [2.75, 3.05) is 20.3 Å². The van der Waals surface area contributed by atoms with Gasteiger partial charge in [-0.05, 0) is 48.9 Å². The molecule has 2 aromatic rings. The molecule has 26 heavy (non-hydrogen) atoms. The van der Waals surface area contributed by atoms with Gasteiger partial charge in [0.1, 0.15) is 18.1 Å². The molecule has 0 aromatic heterocycles. The maximum absolute atomic E-state index is 12.2. The van der Waals surface area contributed by atoms with Crippen LogP contribution in [-0.4, -0.2) is 32.3 Å². The van der Waals surface area contributed by atoms with Crippen LogP contribution in [0.25, 0.3) is 0 Å². The molecule has 1 N–H and O–H groups in total. The zero-order valence-electron chi connectivity index (χ0n) is 14.9. The summed E-state index contributed by atoms with van der Waals surface area (Å²) >= 11 is 0. The number of hydrogen-bond donors (Lipinski definition) is 1. The molecule has 0 aliphatic carbocycles. The zero-order valence-corrected chi connectivity index (χ0v) is 14.9. The van der Waals surface area contributed by atoms with Gasteiger partial charge in [-0.1, -0.05) is 12.1 Å². The van der Waals surface area contributed by atoms with Crippen LogP contribution in [0.15, 0.2) is 48.5 Å². The first kappa shape index (κ1) is 19.3. The minimum atomic E-state index is -0.639. The SMILES string of the molecule is COCCOc1ccc(CNC(=O)C(C)Oc2ccc(C#N)cc2)cc1. The molecule has 1 amide bonds. The van der Waals surface area contributed by atoms with Crippen LogP contribution in [0.4, 0.5) is 0 Å². The lowest BCUT2D eigenvalue weighted by Crippen LogP contribution is -2.35. The summed E-state index contributed by atoms with van der Waals surface area (Å²) < 4.78 is 16.0. The number of carbonyl (C=O) groups is 1. The van der Waals surface area contributed by atoms with E-state index in [1.807, 2.05) is 30.3 Å². The summed E-state index contributed by atoms with van der Waals surface area (Å²) in [6.45, 7) is 3.12. The normalized spacial score (nSPS) is 11.3. The number of nitrogens with one attached hydrogen (secondary N) is 1. The average molecular weight is 354 g/mol. The van der Waals surface area contributed by atoms with Gasteiger partial charge in [0.2, 0.25) is 0 Å². The molecule has 0 bridgehead atoms. The van der Waals surface area contributed by atoms with E-state index < -0.39 is 6.10 Å². The first-order valence-corrected chi connectivity index (χ1v) is 8.27. The molecule has 0 saturated carbocycles. The third-order valence-electron chi connectivity index (χ3n) is 3.61. The van der Waals surface area contributed by atoms with Gasteiger partial charge in [0.15, 0.2) is 6.10 Å². The lowest BCUT2D eigenvalue weighted by molar-refractivity contribution is -0.127. The largest absolute Gasteiger partial charge is 0.491 e. The number of amides is 1. The number of benzene rings is 2. The molecule has 6 nitrogen and oxygen atoms in total. The Morgan fingerprint density at radius 2 is 1.73 bits per heavy atom. The molecule has 0 aliphatic rings. The first-order chi connectivity index (χ1) is 12.6. The smallest absolute Gasteiger partial charge is 0.261 e. The Labute approximate surface area is 153 Å². The number of methoxy groups -OCH3 is 1. The molecule has 6 heteroatoms. The van der Waals surface area contributed by atoms with Crippen molar-refractivity contribution in [2.45, 2.75) is 19.6 Å². The summed E-state index contributed by atoms with van der Waals surface area (Å²) in [4.78, 5) is 12.2. The standard InChI is InChI=1S/C20H22N2O4/c1-15(26-19-9-3-16(13-21)4-10-19)20(23)22-14-17-5-7-18(8-6-17)25-12-11-24-2/h3-10,15H,11-12,14H2,1-2H3,(H,22,23). The Kier molecular flexibility index (Phi) is 7.47. The van der Waals surface area contributed by atoms with Gasteiger partial charge < -0.3 is 19.5 Å². The maximum Gasteiger partial charge on any atom is 0.261 e. The van der Waals surface area contributed by atoms with Crippen molar-refractivity contribution < 1.29 is 19.0 Å². The number of nitriles is 1. The predicted molar refractivity (Wildman–Crippen MR) is 96.9 cm³/mol. The van der Waals surface area contributed by atoms with E-state index in [2.05, 4.69) is 5.32 Å². The van der Waals surface area contributed by atoms with Crippen LogP contribution in [0.2, 0.25) is 0 Å². The zero-order chi connectivity index (χ0) is 18.8. The minimum Gasteiger partial charge on any atom is -0.491 e. The molecule has 0 heterocycles. The number of hydrogen-bond acceptors (Lipinski definition) is 5. The van der Waals surface area contributed by atoms with Gasteiger partial charge in [0.05, 0.1) is 18.2 Å². The van der Waals surface area contributed by atoms with Crippen LogP contribution in [0.1, 0.15) is 18.1 Å². The third-order valence-corrected chi connectivity index (χ3v) is 3.61. The maximum atomic E-state index is 12.2. The molecule has 0 fully saturated rings. The molecule has 0 saturated heterocycles. The van der Waals surface area contributed by atoms with Gasteiger partial charge in [0, 0.05) is 13.7 Å². The molecule has 0 spiro atoms. The van der Waals surface area contributed by atoms with Gasteiger partial charge in [-0.25, -0.2) is 0 Å². The Morgan fingerprint density at radius 1 is 1.08 bits per heavy atom. The Bertz CT molecular complexity index is 736. The van der Waals surface area contributed by atoms with Crippen molar-refractivity contribution in [3.8, 4) is 17.6 Å². The summed E-state index contributed by atoms with van der Waals surface area (Å²) in [5.74, 6) is 1.09. The van der Waals surface area contributed by atoms with Gasteiger partial charge in [-0.15, -0.1) is 0 Å². The molecule has 2 aromatic carbocycles.